The molecule has 0 radical (unpaired) electrons. The molecule has 1 fully saturated rings. The van der Waals surface area contributed by atoms with Crippen molar-refractivity contribution in [2.24, 2.45) is 5.92 Å². The molecule has 1 aliphatic rings. The number of amides is 1. The smallest absolute Gasteiger partial charge is 0.295 e. The zero-order chi connectivity index (χ0) is 25.5. The molecule has 0 spiro atoms. The van der Waals surface area contributed by atoms with Gasteiger partial charge in [-0.2, -0.15) is 0 Å². The van der Waals surface area contributed by atoms with Crippen molar-refractivity contribution in [1.29, 1.82) is 0 Å². The van der Waals surface area contributed by atoms with E-state index in [4.69, 9.17) is 9.47 Å². The van der Waals surface area contributed by atoms with E-state index in [0.29, 0.717) is 48.2 Å². The Morgan fingerprint density at radius 2 is 1.80 bits per heavy atom. The first-order chi connectivity index (χ1) is 16.8. The number of nitrogens with zero attached hydrogens (tertiary/aromatic N) is 2. The van der Waals surface area contributed by atoms with Crippen molar-refractivity contribution in [3.63, 3.8) is 0 Å². The van der Waals surface area contributed by atoms with Gasteiger partial charge in [-0.3, -0.25) is 9.59 Å². The third-order valence-electron chi connectivity index (χ3n) is 6.22. The average Bonchev–Trinajstić information content (AvgIpc) is 3.12. The van der Waals surface area contributed by atoms with E-state index in [-0.39, 0.29) is 11.3 Å². The Labute approximate surface area is 207 Å². The second kappa shape index (κ2) is 11.9. The number of benzene rings is 2. The van der Waals surface area contributed by atoms with Crippen molar-refractivity contribution in [3.05, 3.63) is 65.2 Å². The Morgan fingerprint density at radius 1 is 1.09 bits per heavy atom. The van der Waals surface area contributed by atoms with Crippen LogP contribution in [0, 0.1) is 5.92 Å². The Hall–Kier alpha value is -3.32. The first kappa shape index (κ1) is 26.3. The van der Waals surface area contributed by atoms with Gasteiger partial charge in [0.1, 0.15) is 17.3 Å². The number of hydrogen-bond acceptors (Lipinski definition) is 6. The predicted molar refractivity (Wildman–Crippen MR) is 137 cm³/mol. The van der Waals surface area contributed by atoms with Gasteiger partial charge < -0.3 is 24.4 Å². The highest BCUT2D eigenvalue weighted by Crippen LogP contribution is 2.42. The van der Waals surface area contributed by atoms with E-state index in [1.165, 1.54) is 0 Å². The highest BCUT2D eigenvalue weighted by Gasteiger charge is 2.46. The van der Waals surface area contributed by atoms with Gasteiger partial charge in [0.2, 0.25) is 0 Å². The Bertz CT molecular complexity index is 1070. The summed E-state index contributed by atoms with van der Waals surface area (Å²) < 4.78 is 11.4. The summed E-state index contributed by atoms with van der Waals surface area (Å²) in [4.78, 5) is 30.3. The van der Waals surface area contributed by atoms with Crippen LogP contribution in [-0.4, -0.2) is 66.5 Å². The number of Topliss-reactive ketones (excluding diaryl/α,β-unsaturated/α-hetero) is 1. The normalized spacial score (nSPS) is 17.5. The van der Waals surface area contributed by atoms with Gasteiger partial charge in [0.15, 0.2) is 0 Å². The molecule has 1 heterocycles. The van der Waals surface area contributed by atoms with E-state index in [9.17, 15) is 14.7 Å². The summed E-state index contributed by atoms with van der Waals surface area (Å²) in [6.07, 6.45) is 0. The molecule has 1 amide bonds. The SMILES string of the molecule is CCN(CC)CCN1C(=O)C(=O)/C(=C(\O)c2cccc(OCC(C)C)c2)C1c1ccccc1OC. The molecular formula is C28H36N2O5. The molecule has 2 aromatic rings. The second-order valence-electron chi connectivity index (χ2n) is 8.99. The zero-order valence-electron chi connectivity index (χ0n) is 21.3. The average molecular weight is 481 g/mol. The lowest BCUT2D eigenvalue weighted by molar-refractivity contribution is -0.140. The number of likely N-dealkylation sites (N-methyl/N-ethyl adjacent to an activating group) is 1. The third kappa shape index (κ3) is 5.85. The molecule has 1 saturated heterocycles. The third-order valence-corrected chi connectivity index (χ3v) is 6.22. The lowest BCUT2D eigenvalue weighted by atomic mass is 9.94. The van der Waals surface area contributed by atoms with E-state index in [1.54, 1.807) is 42.3 Å². The molecule has 1 unspecified atom stereocenters. The molecule has 1 N–H and O–H groups in total. The quantitative estimate of drug-likeness (QED) is 0.290. The fourth-order valence-electron chi connectivity index (χ4n) is 4.27. The zero-order valence-corrected chi connectivity index (χ0v) is 21.3. The first-order valence-corrected chi connectivity index (χ1v) is 12.2. The summed E-state index contributed by atoms with van der Waals surface area (Å²) in [5.74, 6) is -0.0682. The monoisotopic (exact) mass is 480 g/mol. The predicted octanol–water partition coefficient (Wildman–Crippen LogP) is 4.49. The maximum atomic E-state index is 13.3. The van der Waals surface area contributed by atoms with E-state index < -0.39 is 17.7 Å². The fourth-order valence-corrected chi connectivity index (χ4v) is 4.27. The van der Waals surface area contributed by atoms with Gasteiger partial charge in [-0.1, -0.05) is 58.0 Å². The van der Waals surface area contributed by atoms with Gasteiger partial charge in [-0.05, 0) is 37.2 Å². The van der Waals surface area contributed by atoms with E-state index in [0.717, 1.165) is 13.1 Å². The van der Waals surface area contributed by atoms with Crippen molar-refractivity contribution in [1.82, 2.24) is 9.80 Å². The number of para-hydroxylation sites is 1. The van der Waals surface area contributed by atoms with Gasteiger partial charge in [-0.25, -0.2) is 0 Å². The molecule has 3 rings (SSSR count). The Morgan fingerprint density at radius 3 is 2.46 bits per heavy atom. The molecule has 0 aliphatic carbocycles. The van der Waals surface area contributed by atoms with Crippen LogP contribution < -0.4 is 9.47 Å². The number of aliphatic hydroxyl groups is 1. The Balaban J connectivity index is 2.10. The number of rotatable bonds is 11. The molecule has 1 atom stereocenters. The minimum Gasteiger partial charge on any atom is -0.507 e. The lowest BCUT2D eigenvalue weighted by Gasteiger charge is -2.29. The van der Waals surface area contributed by atoms with E-state index in [2.05, 4.69) is 32.6 Å². The van der Waals surface area contributed by atoms with Gasteiger partial charge in [0.25, 0.3) is 11.7 Å². The van der Waals surface area contributed by atoms with Crippen molar-refractivity contribution >= 4 is 17.4 Å². The second-order valence-corrected chi connectivity index (χ2v) is 8.99. The van der Waals surface area contributed by atoms with Crippen LogP contribution in [0.2, 0.25) is 0 Å². The van der Waals surface area contributed by atoms with Crippen LogP contribution in [0.4, 0.5) is 0 Å². The highest BCUT2D eigenvalue weighted by molar-refractivity contribution is 6.46. The standard InChI is InChI=1S/C28H36N2O5/c1-6-29(7-2)15-16-30-25(22-13-8-9-14-23(22)34-5)24(27(32)28(30)33)26(31)20-11-10-12-21(17-20)35-18-19(3)4/h8-14,17,19,25,31H,6-7,15-16,18H2,1-5H3/b26-24-. The first-order valence-electron chi connectivity index (χ1n) is 12.2. The number of ether oxygens (including phenoxy) is 2. The summed E-state index contributed by atoms with van der Waals surface area (Å²) in [5.41, 5.74) is 1.13. The molecule has 7 heteroatoms. The van der Waals surface area contributed by atoms with Crippen LogP contribution >= 0.6 is 0 Å². The summed E-state index contributed by atoms with van der Waals surface area (Å²) in [7, 11) is 1.55. The van der Waals surface area contributed by atoms with Gasteiger partial charge in [0.05, 0.1) is 25.3 Å². The van der Waals surface area contributed by atoms with Crippen LogP contribution in [0.25, 0.3) is 5.76 Å². The number of carbonyl (C=O) groups is 2. The summed E-state index contributed by atoms with van der Waals surface area (Å²) in [6.45, 7) is 11.4. The maximum Gasteiger partial charge on any atom is 0.295 e. The number of ketones is 1. The lowest BCUT2D eigenvalue weighted by Crippen LogP contribution is -2.38. The number of hydrogen-bond donors (Lipinski definition) is 1. The molecule has 188 valence electrons. The topological polar surface area (TPSA) is 79.3 Å². The molecule has 35 heavy (non-hydrogen) atoms. The molecular weight excluding hydrogens is 444 g/mol. The largest absolute Gasteiger partial charge is 0.507 e. The minimum absolute atomic E-state index is 0.0556. The molecule has 2 aromatic carbocycles. The summed E-state index contributed by atoms with van der Waals surface area (Å²) >= 11 is 0. The van der Waals surface area contributed by atoms with Gasteiger partial charge >= 0.3 is 0 Å². The number of likely N-dealkylation sites (tertiary alicyclic amines) is 1. The van der Waals surface area contributed by atoms with Crippen LogP contribution in [0.5, 0.6) is 11.5 Å². The van der Waals surface area contributed by atoms with Gasteiger partial charge in [0, 0.05) is 24.2 Å². The van der Waals surface area contributed by atoms with Crippen LogP contribution in [-0.2, 0) is 9.59 Å². The van der Waals surface area contributed by atoms with E-state index >= 15 is 0 Å². The summed E-state index contributed by atoms with van der Waals surface area (Å²) in [5, 5.41) is 11.4. The summed E-state index contributed by atoms with van der Waals surface area (Å²) in [6, 6.07) is 13.5. The Kier molecular flexibility index (Phi) is 8.93. The molecule has 0 bridgehead atoms. The molecule has 7 nitrogen and oxygen atoms in total. The van der Waals surface area contributed by atoms with Crippen molar-refractivity contribution in [3.8, 4) is 11.5 Å². The maximum absolute atomic E-state index is 13.3. The number of methoxy groups -OCH3 is 1. The molecule has 0 saturated carbocycles. The van der Waals surface area contributed by atoms with Crippen molar-refractivity contribution < 1.29 is 24.2 Å². The minimum atomic E-state index is -0.762. The fraction of sp³-hybridized carbons (Fsp3) is 0.429. The van der Waals surface area contributed by atoms with Crippen LogP contribution in [0.15, 0.2) is 54.1 Å². The van der Waals surface area contributed by atoms with Crippen molar-refractivity contribution in [2.45, 2.75) is 33.7 Å². The molecule has 0 aromatic heterocycles. The van der Waals surface area contributed by atoms with Crippen LogP contribution in [0.1, 0.15) is 44.9 Å². The molecule has 1 aliphatic heterocycles. The van der Waals surface area contributed by atoms with Crippen LogP contribution in [0.3, 0.4) is 0 Å². The number of aliphatic hydroxyl groups excluding tert-OH is 1. The van der Waals surface area contributed by atoms with Crippen molar-refractivity contribution in [2.75, 3.05) is 39.9 Å². The van der Waals surface area contributed by atoms with E-state index in [1.807, 2.05) is 18.2 Å². The van der Waals surface area contributed by atoms with Gasteiger partial charge in [-0.15, -0.1) is 0 Å². The highest BCUT2D eigenvalue weighted by atomic mass is 16.5. The number of carbonyl (C=O) groups excluding carboxylic acids is 2.